The SMILES string of the molecule is CCc1c(C2(O)CC2)cc2c(c1Br)OCO2. The van der Waals surface area contributed by atoms with Gasteiger partial charge in [0.2, 0.25) is 6.79 Å². The Balaban J connectivity index is 2.21. The number of ether oxygens (including phenoxy) is 2. The van der Waals surface area contributed by atoms with Crippen molar-refractivity contribution in [1.82, 2.24) is 0 Å². The lowest BCUT2D eigenvalue weighted by molar-refractivity contribution is 0.149. The van der Waals surface area contributed by atoms with Crippen LogP contribution in [0.3, 0.4) is 0 Å². The first-order valence-electron chi connectivity index (χ1n) is 5.49. The number of benzene rings is 1. The summed E-state index contributed by atoms with van der Waals surface area (Å²) in [7, 11) is 0. The molecule has 1 aliphatic heterocycles. The van der Waals surface area contributed by atoms with E-state index < -0.39 is 5.60 Å². The topological polar surface area (TPSA) is 38.7 Å². The molecule has 2 aliphatic rings. The molecule has 1 fully saturated rings. The van der Waals surface area contributed by atoms with Gasteiger partial charge in [0.15, 0.2) is 11.5 Å². The van der Waals surface area contributed by atoms with Crippen LogP contribution < -0.4 is 9.47 Å². The maximum Gasteiger partial charge on any atom is 0.231 e. The van der Waals surface area contributed by atoms with E-state index in [1.54, 1.807) is 0 Å². The third-order valence-electron chi connectivity index (χ3n) is 3.28. The molecule has 3 rings (SSSR count). The van der Waals surface area contributed by atoms with E-state index in [0.717, 1.165) is 46.4 Å². The lowest BCUT2D eigenvalue weighted by atomic mass is 9.98. The zero-order valence-corrected chi connectivity index (χ0v) is 10.6. The van der Waals surface area contributed by atoms with E-state index in [2.05, 4.69) is 22.9 Å². The highest BCUT2D eigenvalue weighted by Crippen LogP contribution is 2.52. The predicted molar refractivity (Wildman–Crippen MR) is 62.8 cm³/mol. The molecule has 86 valence electrons. The molecule has 4 heteroatoms. The molecule has 0 unspecified atom stereocenters. The van der Waals surface area contributed by atoms with Crippen molar-refractivity contribution in [1.29, 1.82) is 0 Å². The second kappa shape index (κ2) is 3.37. The Labute approximate surface area is 102 Å². The lowest BCUT2D eigenvalue weighted by Gasteiger charge is -2.16. The largest absolute Gasteiger partial charge is 0.454 e. The molecule has 1 aliphatic carbocycles. The molecule has 1 aromatic carbocycles. The Bertz CT molecular complexity index is 452. The number of fused-ring (bicyclic) bond motifs is 1. The van der Waals surface area contributed by atoms with Crippen LogP contribution in [0, 0.1) is 0 Å². The first kappa shape index (κ1) is 10.4. The van der Waals surface area contributed by atoms with Crippen LogP contribution in [0.15, 0.2) is 10.5 Å². The van der Waals surface area contributed by atoms with Crippen LogP contribution >= 0.6 is 15.9 Å². The molecule has 0 aromatic heterocycles. The highest BCUT2D eigenvalue weighted by Gasteiger charge is 2.45. The van der Waals surface area contributed by atoms with Gasteiger partial charge in [-0.25, -0.2) is 0 Å². The first-order chi connectivity index (χ1) is 7.65. The predicted octanol–water partition coefficient (Wildman–Crippen LogP) is 2.72. The number of rotatable bonds is 2. The third-order valence-corrected chi connectivity index (χ3v) is 4.12. The van der Waals surface area contributed by atoms with Crippen LogP contribution in [0.4, 0.5) is 0 Å². The van der Waals surface area contributed by atoms with Gasteiger partial charge in [0.1, 0.15) is 0 Å². The number of aliphatic hydroxyl groups is 1. The van der Waals surface area contributed by atoms with E-state index in [-0.39, 0.29) is 6.79 Å². The number of hydrogen-bond acceptors (Lipinski definition) is 3. The summed E-state index contributed by atoms with van der Waals surface area (Å²) in [5.41, 5.74) is 1.49. The minimum Gasteiger partial charge on any atom is -0.454 e. The standard InChI is InChI=1S/C12H13BrO3/c1-2-7-8(12(14)3-4-12)5-9-11(10(7)13)16-6-15-9/h5,14H,2-4,6H2,1H3. The number of halogens is 1. The molecule has 1 saturated carbocycles. The zero-order valence-electron chi connectivity index (χ0n) is 9.05. The second-order valence-corrected chi connectivity index (χ2v) is 5.13. The minimum absolute atomic E-state index is 0.263. The normalized spacial score (nSPS) is 19.9. The quantitative estimate of drug-likeness (QED) is 0.908. The van der Waals surface area contributed by atoms with Crippen molar-refractivity contribution in [3.63, 3.8) is 0 Å². The summed E-state index contributed by atoms with van der Waals surface area (Å²) in [6.45, 7) is 2.34. The molecule has 0 bridgehead atoms. The molecule has 0 atom stereocenters. The van der Waals surface area contributed by atoms with Crippen LogP contribution in [0.25, 0.3) is 0 Å². The Morgan fingerprint density at radius 2 is 2.19 bits per heavy atom. The highest BCUT2D eigenvalue weighted by atomic mass is 79.9. The molecule has 3 nitrogen and oxygen atoms in total. The van der Waals surface area contributed by atoms with Gasteiger partial charge in [-0.2, -0.15) is 0 Å². The van der Waals surface area contributed by atoms with E-state index in [4.69, 9.17) is 9.47 Å². The van der Waals surface area contributed by atoms with Crippen molar-refractivity contribution < 1.29 is 14.6 Å². The maximum atomic E-state index is 10.3. The van der Waals surface area contributed by atoms with Gasteiger partial charge >= 0.3 is 0 Å². The fourth-order valence-electron chi connectivity index (χ4n) is 2.19. The van der Waals surface area contributed by atoms with Gasteiger partial charge in [0, 0.05) is 0 Å². The molecule has 1 aromatic rings. The van der Waals surface area contributed by atoms with Crippen molar-refractivity contribution in [2.75, 3.05) is 6.79 Å². The maximum absolute atomic E-state index is 10.3. The van der Waals surface area contributed by atoms with E-state index >= 15 is 0 Å². The molecule has 1 N–H and O–H groups in total. The Morgan fingerprint density at radius 1 is 1.44 bits per heavy atom. The van der Waals surface area contributed by atoms with E-state index in [9.17, 15) is 5.11 Å². The Morgan fingerprint density at radius 3 is 2.81 bits per heavy atom. The summed E-state index contributed by atoms with van der Waals surface area (Å²) in [6, 6.07) is 1.93. The third kappa shape index (κ3) is 1.36. The minimum atomic E-state index is -0.630. The fourth-order valence-corrected chi connectivity index (χ4v) is 2.99. The Hall–Kier alpha value is -0.740. The van der Waals surface area contributed by atoms with Crippen LogP contribution in [0.2, 0.25) is 0 Å². The van der Waals surface area contributed by atoms with Crippen LogP contribution in [-0.4, -0.2) is 11.9 Å². The summed E-state index contributed by atoms with van der Waals surface area (Å²) in [5, 5.41) is 10.3. The first-order valence-corrected chi connectivity index (χ1v) is 6.29. The van der Waals surface area contributed by atoms with E-state index in [0.29, 0.717) is 0 Å². The lowest BCUT2D eigenvalue weighted by Crippen LogP contribution is -2.08. The van der Waals surface area contributed by atoms with Gasteiger partial charge in [-0.15, -0.1) is 0 Å². The van der Waals surface area contributed by atoms with Crippen molar-refractivity contribution >= 4 is 15.9 Å². The highest BCUT2D eigenvalue weighted by molar-refractivity contribution is 9.10. The second-order valence-electron chi connectivity index (χ2n) is 4.34. The van der Waals surface area contributed by atoms with Gasteiger partial charge in [-0.3, -0.25) is 0 Å². The zero-order chi connectivity index (χ0) is 11.3. The van der Waals surface area contributed by atoms with Crippen molar-refractivity contribution in [3.8, 4) is 11.5 Å². The molecule has 0 spiro atoms. The summed E-state index contributed by atoms with van der Waals surface area (Å²) >= 11 is 3.55. The van der Waals surface area contributed by atoms with Gasteiger partial charge in [-0.05, 0) is 52.4 Å². The molecule has 0 saturated heterocycles. The van der Waals surface area contributed by atoms with Gasteiger partial charge in [-0.1, -0.05) is 6.92 Å². The van der Waals surface area contributed by atoms with Gasteiger partial charge in [0.05, 0.1) is 10.1 Å². The molecule has 1 heterocycles. The van der Waals surface area contributed by atoms with Crippen molar-refractivity contribution in [2.45, 2.75) is 31.8 Å². The monoisotopic (exact) mass is 284 g/mol. The van der Waals surface area contributed by atoms with Crippen molar-refractivity contribution in [2.24, 2.45) is 0 Å². The fraction of sp³-hybridized carbons (Fsp3) is 0.500. The van der Waals surface area contributed by atoms with Crippen LogP contribution in [0.5, 0.6) is 11.5 Å². The summed E-state index contributed by atoms with van der Waals surface area (Å²) in [6.07, 6.45) is 2.55. The van der Waals surface area contributed by atoms with Crippen molar-refractivity contribution in [3.05, 3.63) is 21.7 Å². The van der Waals surface area contributed by atoms with Crippen LogP contribution in [-0.2, 0) is 12.0 Å². The molecule has 0 radical (unpaired) electrons. The van der Waals surface area contributed by atoms with E-state index in [1.807, 2.05) is 6.07 Å². The summed E-state index contributed by atoms with van der Waals surface area (Å²) in [4.78, 5) is 0. The average molecular weight is 285 g/mol. The molecule has 0 amide bonds. The van der Waals surface area contributed by atoms with E-state index in [1.165, 1.54) is 0 Å². The molecular formula is C12H13BrO3. The summed E-state index contributed by atoms with van der Waals surface area (Å²) in [5.74, 6) is 1.50. The smallest absolute Gasteiger partial charge is 0.231 e. The average Bonchev–Trinajstić information content (AvgIpc) is 2.84. The Kier molecular flexibility index (Phi) is 2.20. The van der Waals surface area contributed by atoms with Crippen LogP contribution in [0.1, 0.15) is 30.9 Å². The molecular weight excluding hydrogens is 272 g/mol. The number of hydrogen-bond donors (Lipinski definition) is 1. The van der Waals surface area contributed by atoms with Gasteiger partial charge in [0.25, 0.3) is 0 Å². The molecule has 16 heavy (non-hydrogen) atoms. The van der Waals surface area contributed by atoms with Gasteiger partial charge < -0.3 is 14.6 Å². The summed E-state index contributed by atoms with van der Waals surface area (Å²) < 4.78 is 11.7.